The van der Waals surface area contributed by atoms with Gasteiger partial charge in [0, 0.05) is 12.6 Å². The topological polar surface area (TPSA) is 24.1 Å². The van der Waals surface area contributed by atoms with Gasteiger partial charge in [0.2, 0.25) is 0 Å². The van der Waals surface area contributed by atoms with Crippen molar-refractivity contribution in [3.8, 4) is 0 Å². The lowest BCUT2D eigenvalue weighted by Crippen LogP contribution is -2.34. The highest BCUT2D eigenvalue weighted by Crippen LogP contribution is 2.37. The smallest absolute Gasteiger partial charge is 0.166 e. The van der Waals surface area contributed by atoms with Crippen molar-refractivity contribution in [3.63, 3.8) is 0 Å². The molecule has 2 nitrogen and oxygen atoms in total. The summed E-state index contributed by atoms with van der Waals surface area (Å²) in [6.07, 6.45) is 2.03. The lowest BCUT2D eigenvalue weighted by Gasteiger charge is -2.16. The molecule has 1 aromatic rings. The predicted octanol–water partition coefficient (Wildman–Crippen LogP) is 2.55. The van der Waals surface area contributed by atoms with Crippen LogP contribution in [0.15, 0.2) is 12.1 Å². The van der Waals surface area contributed by atoms with Crippen molar-refractivity contribution in [2.24, 2.45) is 5.92 Å². The van der Waals surface area contributed by atoms with Crippen LogP contribution in [0.1, 0.15) is 11.1 Å². The second-order valence-electron chi connectivity index (χ2n) is 4.63. The molecule has 1 aromatic carbocycles. The van der Waals surface area contributed by atoms with Gasteiger partial charge in [-0.25, -0.2) is 0 Å². The standard InChI is InChI=1S/C12H12Cl2N2S/c13-9-2-1-6-3-7(4-8(6)11(9)14)10-5-15-12(17)16-10/h1-2,7,10H,3-5H2,(H2,15,16,17). The highest BCUT2D eigenvalue weighted by atomic mass is 35.5. The number of rotatable bonds is 1. The quantitative estimate of drug-likeness (QED) is 0.776. The fourth-order valence-corrected chi connectivity index (χ4v) is 3.38. The van der Waals surface area contributed by atoms with Gasteiger partial charge in [0.25, 0.3) is 0 Å². The molecule has 2 N–H and O–H groups in total. The first-order chi connectivity index (χ1) is 8.15. The summed E-state index contributed by atoms with van der Waals surface area (Å²) < 4.78 is 0. The average molecular weight is 287 g/mol. The van der Waals surface area contributed by atoms with Crippen molar-refractivity contribution in [1.29, 1.82) is 0 Å². The zero-order chi connectivity index (χ0) is 12.0. The van der Waals surface area contributed by atoms with E-state index in [4.69, 9.17) is 35.4 Å². The van der Waals surface area contributed by atoms with Crippen LogP contribution in [0, 0.1) is 5.92 Å². The third-order valence-corrected chi connectivity index (χ3v) is 4.72. The Morgan fingerprint density at radius 1 is 1.24 bits per heavy atom. The molecule has 1 aliphatic carbocycles. The van der Waals surface area contributed by atoms with Crippen LogP contribution in [0.4, 0.5) is 0 Å². The first-order valence-electron chi connectivity index (χ1n) is 5.65. The maximum Gasteiger partial charge on any atom is 0.166 e. The summed E-state index contributed by atoms with van der Waals surface area (Å²) >= 11 is 17.4. The van der Waals surface area contributed by atoms with E-state index in [0.717, 1.165) is 29.5 Å². The minimum Gasteiger partial charge on any atom is -0.361 e. The van der Waals surface area contributed by atoms with E-state index >= 15 is 0 Å². The van der Waals surface area contributed by atoms with Gasteiger partial charge in [-0.15, -0.1) is 0 Å². The maximum absolute atomic E-state index is 6.25. The molecular formula is C12H12Cl2N2S. The molecule has 0 aromatic heterocycles. The Labute approximate surface area is 116 Å². The monoisotopic (exact) mass is 286 g/mol. The number of thiocarbonyl (C=S) groups is 1. The zero-order valence-electron chi connectivity index (χ0n) is 9.09. The van der Waals surface area contributed by atoms with Gasteiger partial charge in [0.05, 0.1) is 10.0 Å². The summed E-state index contributed by atoms with van der Waals surface area (Å²) in [4.78, 5) is 0. The van der Waals surface area contributed by atoms with Crippen LogP contribution in [-0.2, 0) is 12.8 Å². The molecule has 1 saturated heterocycles. The van der Waals surface area contributed by atoms with Crippen LogP contribution in [0.25, 0.3) is 0 Å². The summed E-state index contributed by atoms with van der Waals surface area (Å²) in [7, 11) is 0. The van der Waals surface area contributed by atoms with Crippen LogP contribution in [0.5, 0.6) is 0 Å². The molecule has 5 heteroatoms. The molecule has 0 amide bonds. The highest BCUT2D eigenvalue weighted by Gasteiger charge is 2.33. The van der Waals surface area contributed by atoms with Crippen molar-refractivity contribution < 1.29 is 0 Å². The molecule has 1 heterocycles. The van der Waals surface area contributed by atoms with E-state index in [1.165, 1.54) is 11.1 Å². The Morgan fingerprint density at radius 3 is 2.76 bits per heavy atom. The van der Waals surface area contributed by atoms with Crippen molar-refractivity contribution in [1.82, 2.24) is 10.6 Å². The summed E-state index contributed by atoms with van der Waals surface area (Å²) in [6.45, 7) is 0.906. The minimum atomic E-state index is 0.407. The van der Waals surface area contributed by atoms with Crippen LogP contribution in [-0.4, -0.2) is 17.7 Å². The van der Waals surface area contributed by atoms with Gasteiger partial charge in [-0.3, -0.25) is 0 Å². The summed E-state index contributed by atoms with van der Waals surface area (Å²) in [5, 5.41) is 8.60. The third-order valence-electron chi connectivity index (χ3n) is 3.61. The minimum absolute atomic E-state index is 0.407. The lowest BCUT2D eigenvalue weighted by molar-refractivity contribution is 0.432. The van der Waals surface area contributed by atoms with E-state index in [2.05, 4.69) is 16.7 Å². The average Bonchev–Trinajstić information content (AvgIpc) is 2.90. The molecule has 3 rings (SSSR count). The molecule has 0 saturated carbocycles. The molecule has 0 radical (unpaired) electrons. The van der Waals surface area contributed by atoms with Gasteiger partial charge >= 0.3 is 0 Å². The fraction of sp³-hybridized carbons (Fsp3) is 0.417. The SMILES string of the molecule is S=C1NCC(C2Cc3ccc(Cl)c(Cl)c3C2)N1. The largest absolute Gasteiger partial charge is 0.361 e. The Morgan fingerprint density at radius 2 is 2.06 bits per heavy atom. The van der Waals surface area contributed by atoms with Gasteiger partial charge in [-0.1, -0.05) is 29.3 Å². The lowest BCUT2D eigenvalue weighted by atomic mass is 9.97. The van der Waals surface area contributed by atoms with Gasteiger partial charge in [-0.05, 0) is 48.2 Å². The van der Waals surface area contributed by atoms with Gasteiger partial charge in [0.15, 0.2) is 5.11 Å². The summed E-state index contributed by atoms with van der Waals surface area (Å²) in [5.74, 6) is 0.550. The van der Waals surface area contributed by atoms with Crippen molar-refractivity contribution >= 4 is 40.5 Å². The Hall–Kier alpha value is -0.510. The van der Waals surface area contributed by atoms with Crippen molar-refractivity contribution in [2.45, 2.75) is 18.9 Å². The molecule has 90 valence electrons. The molecule has 17 heavy (non-hydrogen) atoms. The number of halogens is 2. The van der Waals surface area contributed by atoms with E-state index in [-0.39, 0.29) is 0 Å². The van der Waals surface area contributed by atoms with Crippen LogP contribution in [0.2, 0.25) is 10.0 Å². The number of hydrogen-bond acceptors (Lipinski definition) is 1. The Bertz CT molecular complexity index is 490. The van der Waals surface area contributed by atoms with Crippen LogP contribution >= 0.6 is 35.4 Å². The highest BCUT2D eigenvalue weighted by molar-refractivity contribution is 7.80. The second kappa shape index (κ2) is 4.30. The van der Waals surface area contributed by atoms with Crippen molar-refractivity contribution in [2.75, 3.05) is 6.54 Å². The molecule has 2 unspecified atom stereocenters. The maximum atomic E-state index is 6.25. The van der Waals surface area contributed by atoms with E-state index in [1.54, 1.807) is 0 Å². The summed E-state index contributed by atoms with van der Waals surface area (Å²) in [5.41, 5.74) is 2.54. The molecule has 0 spiro atoms. The van der Waals surface area contributed by atoms with E-state index < -0.39 is 0 Å². The van der Waals surface area contributed by atoms with Gasteiger partial charge in [-0.2, -0.15) is 0 Å². The van der Waals surface area contributed by atoms with E-state index in [1.807, 2.05) is 6.07 Å². The predicted molar refractivity (Wildman–Crippen MR) is 74.9 cm³/mol. The Balaban J connectivity index is 1.83. The van der Waals surface area contributed by atoms with Crippen LogP contribution < -0.4 is 10.6 Å². The molecule has 1 fully saturated rings. The van der Waals surface area contributed by atoms with Gasteiger partial charge in [0.1, 0.15) is 0 Å². The third kappa shape index (κ3) is 2.01. The van der Waals surface area contributed by atoms with Crippen LogP contribution in [0.3, 0.4) is 0 Å². The molecular weight excluding hydrogens is 275 g/mol. The number of fused-ring (bicyclic) bond motifs is 1. The number of hydrogen-bond donors (Lipinski definition) is 2. The number of benzene rings is 1. The first-order valence-corrected chi connectivity index (χ1v) is 6.81. The van der Waals surface area contributed by atoms with E-state index in [0.29, 0.717) is 17.0 Å². The summed E-state index contributed by atoms with van der Waals surface area (Å²) in [6, 6.07) is 4.38. The number of nitrogens with one attached hydrogen (secondary N) is 2. The van der Waals surface area contributed by atoms with Gasteiger partial charge < -0.3 is 10.6 Å². The molecule has 1 aliphatic heterocycles. The Kier molecular flexibility index (Phi) is 2.93. The molecule has 2 atom stereocenters. The van der Waals surface area contributed by atoms with Crippen molar-refractivity contribution in [3.05, 3.63) is 33.3 Å². The zero-order valence-corrected chi connectivity index (χ0v) is 11.4. The molecule has 0 bridgehead atoms. The van der Waals surface area contributed by atoms with E-state index in [9.17, 15) is 0 Å². The first kappa shape index (κ1) is 11.6. The normalized spacial score (nSPS) is 26.6. The second-order valence-corrected chi connectivity index (χ2v) is 5.82. The fourth-order valence-electron chi connectivity index (χ4n) is 2.70. The molecule has 2 aliphatic rings.